The quantitative estimate of drug-likeness (QED) is 0.162. The maximum absolute atomic E-state index is 8.15. The fraction of sp³-hybridized carbons (Fsp3) is 0.345. The first-order valence-corrected chi connectivity index (χ1v) is 13.4. The highest BCUT2D eigenvalue weighted by atomic mass is 35.6. The zero-order valence-corrected chi connectivity index (χ0v) is 23.1. The fourth-order valence-electron chi connectivity index (χ4n) is 4.15. The number of nitrogens with one attached hydrogen (secondary N) is 1. The maximum Gasteiger partial charge on any atom is 0.265 e. The summed E-state index contributed by atoms with van der Waals surface area (Å²) in [5, 5.41) is 8.15. The molecule has 0 aromatic heterocycles. The maximum atomic E-state index is 8.15. The Balaban J connectivity index is 1.61. The van der Waals surface area contributed by atoms with E-state index in [1.54, 1.807) is 0 Å². The lowest BCUT2D eigenvalue weighted by molar-refractivity contribution is -0.304. The molecule has 0 saturated carbocycles. The van der Waals surface area contributed by atoms with Crippen molar-refractivity contribution in [2.24, 2.45) is 0 Å². The Kier molecular flexibility index (Phi) is 10.4. The van der Waals surface area contributed by atoms with Gasteiger partial charge in [-0.15, -0.1) is 0 Å². The minimum Gasteiger partial charge on any atom is -0.445 e. The number of hydrogen-bond acceptors (Lipinski definition) is 6. The molecule has 1 fully saturated rings. The standard InChI is InChI=1S/C29H30Cl3NO5/c1-20-24(34-17-21-11-5-2-6-12-21)25(35-18-22-13-7-3-8-14-22)26(36-19-23-15-9-4-10-16-23)27(37-20)38-28(33)29(30,31)32/h2-16,20,24-27,33H,17-19H2,1H3/t20?,24-,25+,26?,27-/m1/s1. The molecule has 202 valence electrons. The molecule has 5 atom stereocenters. The number of rotatable bonds is 10. The van der Waals surface area contributed by atoms with Gasteiger partial charge in [-0.3, -0.25) is 5.41 Å². The molecule has 4 rings (SSSR count). The Labute approximate surface area is 238 Å². The van der Waals surface area contributed by atoms with Crippen molar-refractivity contribution in [1.29, 1.82) is 5.41 Å². The van der Waals surface area contributed by atoms with Gasteiger partial charge in [0.05, 0.1) is 25.9 Å². The van der Waals surface area contributed by atoms with Crippen LogP contribution >= 0.6 is 34.8 Å². The lowest BCUT2D eigenvalue weighted by Gasteiger charge is -2.45. The highest BCUT2D eigenvalue weighted by Gasteiger charge is 2.49. The monoisotopic (exact) mass is 577 g/mol. The Morgan fingerprint density at radius 1 is 0.684 bits per heavy atom. The molecular weight excluding hydrogens is 549 g/mol. The molecule has 1 N–H and O–H groups in total. The van der Waals surface area contributed by atoms with Crippen LogP contribution in [0.3, 0.4) is 0 Å². The molecule has 0 aliphatic carbocycles. The van der Waals surface area contributed by atoms with Crippen LogP contribution in [0.25, 0.3) is 0 Å². The van der Waals surface area contributed by atoms with E-state index < -0.39 is 40.4 Å². The van der Waals surface area contributed by atoms with Crippen molar-refractivity contribution in [2.45, 2.75) is 61.2 Å². The first-order chi connectivity index (χ1) is 18.3. The third-order valence-electron chi connectivity index (χ3n) is 6.07. The predicted molar refractivity (Wildman–Crippen MR) is 148 cm³/mol. The van der Waals surface area contributed by atoms with Crippen LogP contribution < -0.4 is 0 Å². The second-order valence-corrected chi connectivity index (χ2v) is 11.2. The minimum absolute atomic E-state index is 0.251. The second-order valence-electron chi connectivity index (χ2n) is 8.94. The molecule has 1 saturated heterocycles. The van der Waals surface area contributed by atoms with Gasteiger partial charge in [0.25, 0.3) is 3.79 Å². The number of alkyl halides is 3. The SMILES string of the molecule is CC1O[C@H](OC(=N)C(Cl)(Cl)Cl)C(OCc2ccccc2)[C@@H](OCc2ccccc2)[C@@H]1OCc1ccccc1. The van der Waals surface area contributed by atoms with Crippen molar-refractivity contribution >= 4 is 40.7 Å². The topological polar surface area (TPSA) is 70.0 Å². The molecule has 3 aromatic rings. The summed E-state index contributed by atoms with van der Waals surface area (Å²) in [6.07, 6.45) is -3.50. The highest BCUT2D eigenvalue weighted by Crippen LogP contribution is 2.34. The van der Waals surface area contributed by atoms with Gasteiger partial charge in [0.1, 0.15) is 18.3 Å². The van der Waals surface area contributed by atoms with Gasteiger partial charge in [-0.1, -0.05) is 126 Å². The summed E-state index contributed by atoms with van der Waals surface area (Å²) >= 11 is 17.7. The molecule has 2 unspecified atom stereocenters. The summed E-state index contributed by atoms with van der Waals surface area (Å²) < 4.78 is 29.0. The summed E-state index contributed by atoms with van der Waals surface area (Å²) in [6, 6.07) is 29.4. The van der Waals surface area contributed by atoms with E-state index in [4.69, 9.17) is 63.9 Å². The molecular formula is C29H30Cl3NO5. The summed E-state index contributed by atoms with van der Waals surface area (Å²) in [4.78, 5) is 0. The van der Waals surface area contributed by atoms with Crippen LogP contribution in [0, 0.1) is 5.41 Å². The summed E-state index contributed by atoms with van der Waals surface area (Å²) in [7, 11) is 0. The number of hydrogen-bond donors (Lipinski definition) is 1. The summed E-state index contributed by atoms with van der Waals surface area (Å²) in [5.74, 6) is -0.571. The average molecular weight is 579 g/mol. The summed E-state index contributed by atoms with van der Waals surface area (Å²) in [5.41, 5.74) is 2.95. The number of ether oxygens (including phenoxy) is 5. The van der Waals surface area contributed by atoms with E-state index in [0.717, 1.165) is 16.7 Å². The third kappa shape index (κ3) is 8.17. The van der Waals surface area contributed by atoms with Gasteiger partial charge < -0.3 is 23.7 Å². The lowest BCUT2D eigenvalue weighted by Crippen LogP contribution is -2.60. The Hall–Kier alpha value is -2.16. The second kappa shape index (κ2) is 13.8. The van der Waals surface area contributed by atoms with E-state index in [1.807, 2.05) is 97.9 Å². The van der Waals surface area contributed by atoms with Crippen LogP contribution in [0.1, 0.15) is 23.6 Å². The molecule has 0 spiro atoms. The van der Waals surface area contributed by atoms with Crippen molar-refractivity contribution in [1.82, 2.24) is 0 Å². The molecule has 1 heterocycles. The van der Waals surface area contributed by atoms with Gasteiger partial charge >= 0.3 is 0 Å². The van der Waals surface area contributed by atoms with E-state index in [-0.39, 0.29) is 6.61 Å². The van der Waals surface area contributed by atoms with Gasteiger partial charge in [0.15, 0.2) is 0 Å². The summed E-state index contributed by atoms with van der Waals surface area (Å²) in [6.45, 7) is 2.77. The van der Waals surface area contributed by atoms with Crippen LogP contribution in [0.5, 0.6) is 0 Å². The fourth-order valence-corrected chi connectivity index (χ4v) is 4.28. The van der Waals surface area contributed by atoms with Crippen molar-refractivity contribution < 1.29 is 23.7 Å². The molecule has 38 heavy (non-hydrogen) atoms. The van der Waals surface area contributed by atoms with Crippen LogP contribution in [0.4, 0.5) is 0 Å². The molecule has 6 nitrogen and oxygen atoms in total. The van der Waals surface area contributed by atoms with Crippen LogP contribution in [-0.2, 0) is 43.5 Å². The number of halogens is 3. The van der Waals surface area contributed by atoms with E-state index in [2.05, 4.69) is 0 Å². The molecule has 9 heteroatoms. The Morgan fingerprint density at radius 2 is 1.08 bits per heavy atom. The molecule has 0 amide bonds. The Bertz CT molecular complexity index is 1130. The molecule has 1 aliphatic rings. The van der Waals surface area contributed by atoms with Gasteiger partial charge in [-0.2, -0.15) is 0 Å². The molecule has 1 aliphatic heterocycles. The largest absolute Gasteiger partial charge is 0.445 e. The van der Waals surface area contributed by atoms with Gasteiger partial charge in [0.2, 0.25) is 12.2 Å². The van der Waals surface area contributed by atoms with E-state index >= 15 is 0 Å². The van der Waals surface area contributed by atoms with Gasteiger partial charge in [0, 0.05) is 0 Å². The number of benzene rings is 3. The molecule has 0 bridgehead atoms. The van der Waals surface area contributed by atoms with E-state index in [0.29, 0.717) is 13.2 Å². The zero-order chi connectivity index (χ0) is 27.0. The van der Waals surface area contributed by atoms with Crippen molar-refractivity contribution in [3.05, 3.63) is 108 Å². The first kappa shape index (κ1) is 28.8. The third-order valence-corrected chi connectivity index (χ3v) is 6.59. The molecule has 3 aromatic carbocycles. The van der Waals surface area contributed by atoms with Crippen LogP contribution in [-0.4, -0.2) is 40.4 Å². The normalized spacial score (nSPS) is 23.6. The molecule has 0 radical (unpaired) electrons. The van der Waals surface area contributed by atoms with E-state index in [1.165, 1.54) is 0 Å². The lowest BCUT2D eigenvalue weighted by atomic mass is 9.98. The van der Waals surface area contributed by atoms with Gasteiger partial charge in [-0.25, -0.2) is 0 Å². The van der Waals surface area contributed by atoms with Crippen LogP contribution in [0.15, 0.2) is 91.0 Å². The average Bonchev–Trinajstić information content (AvgIpc) is 2.92. The van der Waals surface area contributed by atoms with Crippen LogP contribution in [0.2, 0.25) is 0 Å². The zero-order valence-electron chi connectivity index (χ0n) is 20.8. The van der Waals surface area contributed by atoms with Crippen molar-refractivity contribution in [2.75, 3.05) is 0 Å². The highest BCUT2D eigenvalue weighted by molar-refractivity contribution is 6.76. The van der Waals surface area contributed by atoms with Crippen molar-refractivity contribution in [3.8, 4) is 0 Å². The van der Waals surface area contributed by atoms with E-state index in [9.17, 15) is 0 Å². The minimum atomic E-state index is -2.06. The first-order valence-electron chi connectivity index (χ1n) is 12.3. The predicted octanol–water partition coefficient (Wildman–Crippen LogP) is 6.85. The van der Waals surface area contributed by atoms with Crippen molar-refractivity contribution in [3.63, 3.8) is 0 Å². The van der Waals surface area contributed by atoms with Gasteiger partial charge in [-0.05, 0) is 23.6 Å². The smallest absolute Gasteiger partial charge is 0.265 e. The Morgan fingerprint density at radius 3 is 1.50 bits per heavy atom.